The summed E-state index contributed by atoms with van der Waals surface area (Å²) in [7, 11) is 4.58. The lowest BCUT2D eigenvalue weighted by molar-refractivity contribution is 0.590. The fourth-order valence-corrected chi connectivity index (χ4v) is 11.9. The van der Waals surface area contributed by atoms with E-state index in [1.165, 1.54) is 92.1 Å². The maximum atomic E-state index is 5.28. The molecule has 0 saturated carbocycles. The van der Waals surface area contributed by atoms with E-state index in [0.717, 1.165) is 39.3 Å². The third-order valence-electron chi connectivity index (χ3n) is 14.1. The molecule has 3 aromatic heterocycles. The van der Waals surface area contributed by atoms with Crippen molar-refractivity contribution in [1.82, 2.24) is 14.1 Å². The van der Waals surface area contributed by atoms with E-state index in [1.54, 1.807) is 0 Å². The molecule has 0 amide bonds. The Hall–Kier alpha value is -6.89. The monoisotopic (exact) mass is 827 g/mol. The van der Waals surface area contributed by atoms with Gasteiger partial charge >= 0.3 is 0 Å². The highest BCUT2D eigenvalue weighted by Gasteiger charge is 2.37. The lowest BCUT2D eigenvalue weighted by Gasteiger charge is -2.24. The predicted octanol–water partition coefficient (Wildman–Crippen LogP) is 13.7. The predicted molar refractivity (Wildman–Crippen MR) is 270 cm³/mol. The summed E-state index contributed by atoms with van der Waals surface area (Å²) in [6.07, 6.45) is 0. The number of aryl methyl sites for hydroxylation is 1. The highest BCUT2D eigenvalue weighted by atomic mass is 32.1. The molecule has 63 heavy (non-hydrogen) atoms. The molecule has 11 aromatic rings. The second-order valence-corrected chi connectivity index (χ2v) is 20.3. The first kappa shape index (κ1) is 36.7. The van der Waals surface area contributed by atoms with Crippen molar-refractivity contribution in [3.8, 4) is 39.3 Å². The maximum Gasteiger partial charge on any atom is 0.198 e. The second-order valence-electron chi connectivity index (χ2n) is 19.2. The third kappa shape index (κ3) is 5.25. The van der Waals surface area contributed by atoms with Gasteiger partial charge in [-0.15, -0.1) is 11.3 Å². The van der Waals surface area contributed by atoms with Crippen LogP contribution in [0, 0.1) is 0 Å². The molecule has 13 rings (SSSR count). The minimum atomic E-state index is -0.111. The van der Waals surface area contributed by atoms with E-state index in [0.29, 0.717) is 0 Å². The topological polar surface area (TPSA) is 34.8 Å². The molecule has 0 saturated heterocycles. The molecule has 0 unspecified atom stereocenters. The molecular weight excluding hydrogens is 784 g/mol. The zero-order valence-corrected chi connectivity index (χ0v) is 37.1. The number of hydrogen-bond donors (Lipinski definition) is 1. The molecule has 4 heterocycles. The van der Waals surface area contributed by atoms with Gasteiger partial charge in [0, 0.05) is 77.1 Å². The van der Waals surface area contributed by atoms with Crippen LogP contribution >= 0.6 is 11.3 Å². The highest BCUT2D eigenvalue weighted by Crippen LogP contribution is 2.51. The van der Waals surface area contributed by atoms with Crippen molar-refractivity contribution in [3.63, 3.8) is 0 Å². The van der Waals surface area contributed by atoms with Crippen LogP contribution in [0.2, 0.25) is 0 Å². The summed E-state index contributed by atoms with van der Waals surface area (Å²) in [5.41, 5.74) is 20.5. The van der Waals surface area contributed by atoms with E-state index in [-0.39, 0.29) is 10.8 Å². The van der Waals surface area contributed by atoms with Gasteiger partial charge in [-0.1, -0.05) is 137 Å². The highest BCUT2D eigenvalue weighted by molar-refractivity contribution is 7.25. The first-order valence-electron chi connectivity index (χ1n) is 22.0. The molecule has 1 aliphatic heterocycles. The Kier molecular flexibility index (Phi) is 7.49. The molecule has 1 radical (unpaired) electrons. The number of fused-ring (bicyclic) bond motifs is 12. The first-order chi connectivity index (χ1) is 30.5. The Labute approximate surface area is 371 Å². The van der Waals surface area contributed by atoms with Crippen LogP contribution in [0.3, 0.4) is 0 Å². The number of nitrogens with one attached hydrogen (secondary N) is 1. The SMILES string of the molecule is Cn1c(-c2ccccc2)nc2cc3c(cc21)-n1c2cc4c(cc2c2ccc(-c5cc6c(cc5Nc5ccc(C(C)(C)C)cc5)sc5ccccc56)c(c21)[B]3)C(C)(C)c1ccccc1-4. The Morgan fingerprint density at radius 2 is 1.40 bits per heavy atom. The van der Waals surface area contributed by atoms with Crippen LogP contribution in [0.4, 0.5) is 11.4 Å². The lowest BCUT2D eigenvalue weighted by Crippen LogP contribution is -2.37. The molecule has 2 aliphatic rings. The molecule has 0 atom stereocenters. The van der Waals surface area contributed by atoms with Gasteiger partial charge in [-0.2, -0.15) is 0 Å². The number of imidazole rings is 1. The maximum absolute atomic E-state index is 5.28. The van der Waals surface area contributed by atoms with Gasteiger partial charge in [0.25, 0.3) is 0 Å². The van der Waals surface area contributed by atoms with Gasteiger partial charge in [0.2, 0.25) is 0 Å². The zero-order valence-electron chi connectivity index (χ0n) is 36.3. The minimum absolute atomic E-state index is 0.0750. The molecule has 1 N–H and O–H groups in total. The summed E-state index contributed by atoms with van der Waals surface area (Å²) in [4.78, 5) is 5.28. The molecule has 4 nitrogen and oxygen atoms in total. The molecule has 6 heteroatoms. The number of benzene rings is 8. The van der Waals surface area contributed by atoms with Crippen molar-refractivity contribution >= 4 is 93.9 Å². The first-order valence-corrected chi connectivity index (χ1v) is 22.8. The minimum Gasteiger partial charge on any atom is -0.355 e. The standard InChI is InChI=1S/C57H44BN4S/c1-56(2,3)33-20-22-34(23-21-33)59-46-30-52-42(36-17-11-13-19-51(36)63-52)26-40(46)37-24-25-38-41-27-44-39(35-16-10-12-18-43(35)57(44,4)5)28-48(41)62-49-31-50-47(29-45(49)58-53(37)54(38)62)60-55(61(50)6)32-14-8-7-9-15-32/h7-31,59H,1-6H3. The van der Waals surface area contributed by atoms with Crippen molar-refractivity contribution in [3.05, 3.63) is 168 Å². The van der Waals surface area contributed by atoms with Crippen LogP contribution in [-0.4, -0.2) is 21.4 Å². The van der Waals surface area contributed by atoms with Crippen LogP contribution < -0.4 is 16.2 Å². The Morgan fingerprint density at radius 1 is 0.619 bits per heavy atom. The Balaban J connectivity index is 1.10. The Morgan fingerprint density at radius 3 is 2.22 bits per heavy atom. The number of aromatic nitrogens is 3. The Bertz CT molecular complexity index is 3750. The van der Waals surface area contributed by atoms with Crippen molar-refractivity contribution in [2.45, 2.75) is 45.4 Å². The largest absolute Gasteiger partial charge is 0.355 e. The van der Waals surface area contributed by atoms with Gasteiger partial charge < -0.3 is 14.5 Å². The number of hydrogen-bond acceptors (Lipinski definition) is 3. The van der Waals surface area contributed by atoms with Crippen molar-refractivity contribution in [1.29, 1.82) is 0 Å². The summed E-state index contributed by atoms with van der Waals surface area (Å²) < 4.78 is 7.40. The van der Waals surface area contributed by atoms with E-state index in [4.69, 9.17) is 4.98 Å². The average molecular weight is 828 g/mol. The van der Waals surface area contributed by atoms with E-state index in [9.17, 15) is 0 Å². The van der Waals surface area contributed by atoms with Crippen LogP contribution in [0.5, 0.6) is 0 Å². The smallest absolute Gasteiger partial charge is 0.198 e. The van der Waals surface area contributed by atoms with Gasteiger partial charge in [-0.05, 0) is 98.9 Å². The van der Waals surface area contributed by atoms with Crippen LogP contribution in [-0.2, 0) is 17.9 Å². The summed E-state index contributed by atoms with van der Waals surface area (Å²) in [6.45, 7) is 11.6. The molecular formula is C57H44BN4S. The van der Waals surface area contributed by atoms with Gasteiger partial charge in [0.1, 0.15) is 5.82 Å². The number of nitrogens with zero attached hydrogens (tertiary/aromatic N) is 3. The van der Waals surface area contributed by atoms with Crippen molar-refractivity contribution in [2.75, 3.05) is 5.32 Å². The molecule has 0 fully saturated rings. The van der Waals surface area contributed by atoms with Crippen LogP contribution in [0.1, 0.15) is 51.3 Å². The van der Waals surface area contributed by atoms with E-state index in [1.807, 2.05) is 11.3 Å². The van der Waals surface area contributed by atoms with Gasteiger partial charge in [0.15, 0.2) is 7.28 Å². The molecule has 0 bridgehead atoms. The molecule has 0 spiro atoms. The van der Waals surface area contributed by atoms with Crippen molar-refractivity contribution < 1.29 is 0 Å². The summed E-state index contributed by atoms with van der Waals surface area (Å²) in [5.74, 6) is 0.966. The van der Waals surface area contributed by atoms with Crippen LogP contribution in [0.25, 0.3) is 92.3 Å². The van der Waals surface area contributed by atoms with Crippen molar-refractivity contribution in [2.24, 2.45) is 7.05 Å². The van der Waals surface area contributed by atoms with Gasteiger partial charge in [-0.3, -0.25) is 0 Å². The molecule has 301 valence electrons. The fraction of sp³-hybridized carbons (Fsp3) is 0.140. The summed E-state index contributed by atoms with van der Waals surface area (Å²) in [6, 6.07) is 56.6. The van der Waals surface area contributed by atoms with Gasteiger partial charge in [0.05, 0.1) is 16.6 Å². The molecule has 1 aliphatic carbocycles. The van der Waals surface area contributed by atoms with E-state index >= 15 is 0 Å². The average Bonchev–Trinajstić information content (AvgIpc) is 3.99. The van der Waals surface area contributed by atoms with E-state index < -0.39 is 0 Å². The van der Waals surface area contributed by atoms with E-state index in [2.05, 4.69) is 215 Å². The number of anilines is 2. The quantitative estimate of drug-likeness (QED) is 0.179. The zero-order chi connectivity index (χ0) is 42.5. The summed E-state index contributed by atoms with van der Waals surface area (Å²) >= 11 is 1.86. The second kappa shape index (κ2) is 12.8. The fourth-order valence-electron chi connectivity index (χ4n) is 10.8. The van der Waals surface area contributed by atoms with Gasteiger partial charge in [-0.25, -0.2) is 4.98 Å². The summed E-state index contributed by atoms with van der Waals surface area (Å²) in [5, 5.41) is 9.06. The lowest BCUT2D eigenvalue weighted by atomic mass is 9.59. The number of thiophene rings is 1. The van der Waals surface area contributed by atoms with Crippen LogP contribution in [0.15, 0.2) is 152 Å². The molecule has 8 aromatic carbocycles. The normalized spacial score (nSPS) is 13.8. The number of rotatable bonds is 4. The third-order valence-corrected chi connectivity index (χ3v) is 15.2.